The van der Waals surface area contributed by atoms with E-state index in [9.17, 15) is 0 Å². The van der Waals surface area contributed by atoms with Crippen molar-refractivity contribution < 1.29 is 28.0 Å². The van der Waals surface area contributed by atoms with E-state index in [1.165, 1.54) is 10.4 Å². The summed E-state index contributed by atoms with van der Waals surface area (Å²) in [6, 6.07) is 29.9. The molecule has 0 aliphatic rings. The third-order valence-corrected chi connectivity index (χ3v) is 9.62. The summed E-state index contributed by atoms with van der Waals surface area (Å²) in [6.07, 6.45) is 0. The Hall–Kier alpha value is -1.93. The van der Waals surface area contributed by atoms with E-state index in [2.05, 4.69) is 75.4 Å². The van der Waals surface area contributed by atoms with Crippen LogP contribution in [0.25, 0.3) is 0 Å². The minimum Gasteiger partial charge on any atom is -0.551 e. The first-order chi connectivity index (χ1) is 12.5. The minimum atomic E-state index is -2.63. The van der Waals surface area contributed by atoms with Crippen molar-refractivity contribution in [3.8, 4) is 11.5 Å². The zero-order chi connectivity index (χ0) is 18.6. The van der Waals surface area contributed by atoms with Gasteiger partial charge in [-0.2, -0.15) is 12.1 Å². The van der Waals surface area contributed by atoms with E-state index in [1.54, 1.807) is 7.11 Å². The van der Waals surface area contributed by atoms with Crippen LogP contribution in [0.2, 0.25) is 5.04 Å². The fourth-order valence-electron chi connectivity index (χ4n) is 3.46. The average Bonchev–Trinajstić information content (AvgIpc) is 2.67. The van der Waals surface area contributed by atoms with Crippen molar-refractivity contribution in [1.82, 2.24) is 0 Å². The Morgan fingerprint density at radius 3 is 1.74 bits per heavy atom. The van der Waals surface area contributed by atoms with Crippen molar-refractivity contribution in [2.75, 3.05) is 7.11 Å². The van der Waals surface area contributed by atoms with Crippen LogP contribution in [0.1, 0.15) is 20.8 Å². The summed E-state index contributed by atoms with van der Waals surface area (Å²) in [7, 11) is -0.964. The van der Waals surface area contributed by atoms with Crippen LogP contribution in [-0.2, 0) is 0 Å². The maximum Gasteiger partial charge on any atom is 1.00 e. The molecule has 0 aliphatic carbocycles. The molecule has 0 unspecified atom stereocenters. The molecule has 0 aliphatic heterocycles. The van der Waals surface area contributed by atoms with Gasteiger partial charge in [-0.1, -0.05) is 81.4 Å². The van der Waals surface area contributed by atoms with Crippen LogP contribution in [0.4, 0.5) is 0 Å². The van der Waals surface area contributed by atoms with Crippen LogP contribution in [-0.4, -0.2) is 15.4 Å². The van der Waals surface area contributed by atoms with E-state index in [1.807, 2.05) is 30.3 Å². The molecule has 0 N–H and O–H groups in total. The quantitative estimate of drug-likeness (QED) is 0.501. The van der Waals surface area contributed by atoms with Crippen LogP contribution in [0, 0.1) is 6.07 Å². The van der Waals surface area contributed by atoms with Gasteiger partial charge >= 0.3 is 27.2 Å². The maximum absolute atomic E-state index is 6.95. The Balaban J connectivity index is 0.00000261. The molecule has 27 heavy (non-hydrogen) atoms. The molecule has 0 saturated heterocycles. The van der Waals surface area contributed by atoms with E-state index in [0.29, 0.717) is 5.75 Å². The van der Waals surface area contributed by atoms with Gasteiger partial charge in [-0.15, -0.1) is 12.1 Å². The molecule has 0 radical (unpaired) electrons. The van der Waals surface area contributed by atoms with Crippen LogP contribution < -0.4 is 38.4 Å². The summed E-state index contributed by atoms with van der Waals surface area (Å²) in [5, 5.41) is 2.41. The second kappa shape index (κ2) is 8.84. The SMILES string of the molecule is COc1c[c-]ccc1O[Si](c1ccccc1)(c1ccccc1)C(C)(C)C.[Li+]. The van der Waals surface area contributed by atoms with E-state index >= 15 is 0 Å². The molecule has 3 aromatic rings. The zero-order valence-corrected chi connectivity index (χ0v) is 17.8. The summed E-state index contributed by atoms with van der Waals surface area (Å²) >= 11 is 0. The molecule has 0 amide bonds. The maximum atomic E-state index is 6.95. The second-order valence-electron chi connectivity index (χ2n) is 7.34. The Labute approximate surface area is 175 Å². The van der Waals surface area contributed by atoms with Crippen molar-refractivity contribution in [1.29, 1.82) is 0 Å². The van der Waals surface area contributed by atoms with Crippen molar-refractivity contribution in [3.63, 3.8) is 0 Å². The van der Waals surface area contributed by atoms with Gasteiger partial charge in [-0.25, -0.2) is 0 Å². The molecular formula is C23H25LiO2Si. The van der Waals surface area contributed by atoms with Crippen LogP contribution in [0.3, 0.4) is 0 Å². The monoisotopic (exact) mass is 368 g/mol. The molecule has 3 rings (SSSR count). The average molecular weight is 368 g/mol. The first kappa shape index (κ1) is 21.4. The predicted molar refractivity (Wildman–Crippen MR) is 110 cm³/mol. The Morgan fingerprint density at radius 1 is 0.778 bits per heavy atom. The van der Waals surface area contributed by atoms with Gasteiger partial charge in [0.2, 0.25) is 0 Å². The standard InChI is InChI=1S/C23H25O2Si.Li/c1-23(2,3)26(19-13-7-5-8-14-19,20-15-9-6-10-16-20)25-22-18-12-11-17-21(22)24-4;/h5-10,12-18H,1-4H3;/q-1;+1. The molecular weight excluding hydrogens is 343 g/mol. The third-order valence-electron chi connectivity index (χ3n) is 4.69. The van der Waals surface area contributed by atoms with Crippen molar-refractivity contribution in [2.45, 2.75) is 25.8 Å². The van der Waals surface area contributed by atoms with Gasteiger partial charge in [0.05, 0.1) is 7.11 Å². The summed E-state index contributed by atoms with van der Waals surface area (Å²) in [5.41, 5.74) is 0. The first-order valence-electron chi connectivity index (χ1n) is 8.83. The fourth-order valence-corrected chi connectivity index (χ4v) is 7.89. The van der Waals surface area contributed by atoms with Gasteiger partial charge in [-0.3, -0.25) is 0 Å². The van der Waals surface area contributed by atoms with Crippen molar-refractivity contribution in [2.24, 2.45) is 0 Å². The summed E-state index contributed by atoms with van der Waals surface area (Å²) in [5.74, 6) is 1.47. The molecule has 2 nitrogen and oxygen atoms in total. The smallest absolute Gasteiger partial charge is 0.551 e. The normalized spacial score (nSPS) is 11.4. The second-order valence-corrected chi connectivity index (χ2v) is 11.6. The summed E-state index contributed by atoms with van der Waals surface area (Å²) in [6.45, 7) is 6.79. The van der Waals surface area contributed by atoms with Gasteiger partial charge in [0.15, 0.2) is 0 Å². The van der Waals surface area contributed by atoms with Gasteiger partial charge in [-0.05, 0) is 15.4 Å². The number of hydrogen-bond acceptors (Lipinski definition) is 2. The number of benzene rings is 3. The fraction of sp³-hybridized carbons (Fsp3) is 0.217. The molecule has 0 aromatic heterocycles. The van der Waals surface area contributed by atoms with Crippen LogP contribution in [0.15, 0.2) is 78.9 Å². The number of ether oxygens (including phenoxy) is 1. The summed E-state index contributed by atoms with van der Waals surface area (Å²) in [4.78, 5) is 0. The Bertz CT molecular complexity index is 806. The van der Waals surface area contributed by atoms with Gasteiger partial charge in [0, 0.05) is 11.5 Å². The van der Waals surface area contributed by atoms with E-state index in [-0.39, 0.29) is 23.9 Å². The third kappa shape index (κ3) is 4.16. The van der Waals surface area contributed by atoms with E-state index < -0.39 is 8.32 Å². The molecule has 4 heteroatoms. The molecule has 0 spiro atoms. The number of rotatable bonds is 5. The molecule has 0 bridgehead atoms. The predicted octanol–water partition coefficient (Wildman–Crippen LogP) is 1.44. The Kier molecular flexibility index (Phi) is 7.00. The topological polar surface area (TPSA) is 18.5 Å². The molecule has 0 fully saturated rings. The zero-order valence-electron chi connectivity index (χ0n) is 16.8. The van der Waals surface area contributed by atoms with Crippen LogP contribution in [0.5, 0.6) is 11.5 Å². The van der Waals surface area contributed by atoms with Crippen molar-refractivity contribution in [3.05, 3.63) is 84.9 Å². The van der Waals surface area contributed by atoms with Crippen LogP contribution >= 0.6 is 0 Å². The van der Waals surface area contributed by atoms with Gasteiger partial charge in [0.1, 0.15) is 0 Å². The largest absolute Gasteiger partial charge is 1.00 e. The molecule has 3 aromatic carbocycles. The molecule has 0 saturated carbocycles. The van der Waals surface area contributed by atoms with Crippen molar-refractivity contribution >= 4 is 18.7 Å². The van der Waals surface area contributed by atoms with Gasteiger partial charge < -0.3 is 9.16 Å². The van der Waals surface area contributed by atoms with E-state index in [0.717, 1.165) is 5.75 Å². The first-order valence-corrected chi connectivity index (χ1v) is 10.7. The molecule has 134 valence electrons. The number of hydrogen-bond donors (Lipinski definition) is 0. The van der Waals surface area contributed by atoms with Gasteiger partial charge in [0.25, 0.3) is 0 Å². The Morgan fingerprint density at radius 2 is 1.30 bits per heavy atom. The van der Waals surface area contributed by atoms with E-state index in [4.69, 9.17) is 9.16 Å². The summed E-state index contributed by atoms with van der Waals surface area (Å²) < 4.78 is 12.5. The minimum absolute atomic E-state index is 0. The molecule has 0 heterocycles. The number of methoxy groups -OCH3 is 1. The molecule has 0 atom stereocenters.